The molecule has 1 unspecified atom stereocenters. The van der Waals surface area contributed by atoms with Crippen LogP contribution in [0, 0.1) is 5.92 Å². The summed E-state index contributed by atoms with van der Waals surface area (Å²) in [6.45, 7) is 2.14. The molecule has 2 aromatic heterocycles. The van der Waals surface area contributed by atoms with Crippen molar-refractivity contribution in [3.63, 3.8) is 0 Å². The van der Waals surface area contributed by atoms with E-state index in [4.69, 9.17) is 4.74 Å². The first kappa shape index (κ1) is 23.7. The van der Waals surface area contributed by atoms with E-state index in [1.54, 1.807) is 6.20 Å². The Labute approximate surface area is 217 Å². The molecule has 0 bridgehead atoms. The number of aromatic amines is 1. The van der Waals surface area contributed by atoms with Crippen molar-refractivity contribution in [2.45, 2.75) is 44.2 Å². The maximum absolute atomic E-state index is 13.4. The second kappa shape index (κ2) is 10.3. The number of likely N-dealkylation sites (tertiary alicyclic amines) is 1. The fourth-order valence-electron chi connectivity index (χ4n) is 5.35. The Hall–Kier alpha value is -3.71. The Kier molecular flexibility index (Phi) is 6.62. The van der Waals surface area contributed by atoms with Gasteiger partial charge in [-0.25, -0.2) is 0 Å². The predicted molar refractivity (Wildman–Crippen MR) is 144 cm³/mol. The van der Waals surface area contributed by atoms with Gasteiger partial charge in [-0.1, -0.05) is 12.5 Å². The fourth-order valence-corrected chi connectivity index (χ4v) is 5.35. The normalized spacial score (nSPS) is 17.9. The highest BCUT2D eigenvalue weighted by molar-refractivity contribution is 6.01. The van der Waals surface area contributed by atoms with E-state index in [2.05, 4.69) is 32.4 Å². The molecule has 1 aliphatic heterocycles. The van der Waals surface area contributed by atoms with Crippen molar-refractivity contribution in [1.82, 2.24) is 25.4 Å². The lowest BCUT2D eigenvalue weighted by Crippen LogP contribution is -2.36. The summed E-state index contributed by atoms with van der Waals surface area (Å²) in [6.07, 6.45) is 7.60. The van der Waals surface area contributed by atoms with Gasteiger partial charge in [-0.3, -0.25) is 14.9 Å². The Bertz CT molecular complexity index is 1360. The molecule has 1 saturated heterocycles. The average molecular weight is 496 g/mol. The molecule has 2 aromatic carbocycles. The first-order chi connectivity index (χ1) is 18.1. The Morgan fingerprint density at radius 2 is 1.86 bits per heavy atom. The lowest BCUT2D eigenvalue weighted by molar-refractivity contribution is 0.0898. The summed E-state index contributed by atoms with van der Waals surface area (Å²) < 4.78 is 6.21. The summed E-state index contributed by atoms with van der Waals surface area (Å²) in [4.78, 5) is 20.2. The first-order valence-corrected chi connectivity index (χ1v) is 13.3. The number of carbonyl (C=O) groups is 1. The van der Waals surface area contributed by atoms with Crippen molar-refractivity contribution in [3.05, 3.63) is 78.1 Å². The van der Waals surface area contributed by atoms with Gasteiger partial charge in [-0.05, 0) is 93.2 Å². The first-order valence-electron chi connectivity index (χ1n) is 13.3. The summed E-state index contributed by atoms with van der Waals surface area (Å²) >= 11 is 0. The molecule has 2 fully saturated rings. The molecule has 4 aromatic rings. The van der Waals surface area contributed by atoms with Gasteiger partial charge in [0.2, 0.25) is 0 Å². The maximum atomic E-state index is 13.4. The molecule has 190 valence electrons. The summed E-state index contributed by atoms with van der Waals surface area (Å²) in [6, 6.07) is 19.6. The van der Waals surface area contributed by atoms with E-state index in [-0.39, 0.29) is 18.1 Å². The number of carbonyl (C=O) groups excluding carboxylic acids is 1. The van der Waals surface area contributed by atoms with Gasteiger partial charge >= 0.3 is 0 Å². The third-order valence-electron chi connectivity index (χ3n) is 7.84. The molecule has 2 aliphatic rings. The van der Waals surface area contributed by atoms with Crippen molar-refractivity contribution in [3.8, 4) is 17.0 Å². The second-order valence-electron chi connectivity index (χ2n) is 10.4. The van der Waals surface area contributed by atoms with Crippen LogP contribution >= 0.6 is 0 Å². The van der Waals surface area contributed by atoms with E-state index in [1.807, 2.05) is 60.7 Å². The second-order valence-corrected chi connectivity index (χ2v) is 10.4. The SMILES string of the molecule is CN1CCC(Oc2ccc(-c3n[nH]c4ccc(C(=O)NC(c5ccccn5)C5CCC5)cc34)cc2)CC1. The third kappa shape index (κ3) is 5.09. The molecular weight excluding hydrogens is 462 g/mol. The number of pyridine rings is 1. The molecular formula is C30H33N5O2. The predicted octanol–water partition coefficient (Wildman–Crippen LogP) is 5.37. The van der Waals surface area contributed by atoms with E-state index in [0.29, 0.717) is 11.5 Å². The van der Waals surface area contributed by atoms with Crippen LogP contribution in [-0.2, 0) is 0 Å². The smallest absolute Gasteiger partial charge is 0.251 e. The number of benzene rings is 2. The van der Waals surface area contributed by atoms with E-state index in [1.165, 1.54) is 6.42 Å². The minimum absolute atomic E-state index is 0.0703. The Balaban J connectivity index is 1.20. The molecule has 6 rings (SSSR count). The van der Waals surface area contributed by atoms with E-state index >= 15 is 0 Å². The number of hydrogen-bond donors (Lipinski definition) is 2. The van der Waals surface area contributed by atoms with Crippen molar-refractivity contribution < 1.29 is 9.53 Å². The van der Waals surface area contributed by atoms with Crippen LogP contribution in [0.15, 0.2) is 66.9 Å². The molecule has 3 heterocycles. The molecule has 37 heavy (non-hydrogen) atoms. The van der Waals surface area contributed by atoms with Crippen LogP contribution in [0.5, 0.6) is 5.75 Å². The molecule has 0 spiro atoms. The quantitative estimate of drug-likeness (QED) is 0.360. The summed E-state index contributed by atoms with van der Waals surface area (Å²) in [5, 5.41) is 11.9. The van der Waals surface area contributed by atoms with Crippen LogP contribution in [0.25, 0.3) is 22.2 Å². The number of fused-ring (bicyclic) bond motifs is 1. The highest BCUT2D eigenvalue weighted by Crippen LogP contribution is 2.37. The van der Waals surface area contributed by atoms with Gasteiger partial charge in [0.15, 0.2) is 0 Å². The van der Waals surface area contributed by atoms with Crippen LogP contribution in [0.1, 0.15) is 54.2 Å². The number of amides is 1. The van der Waals surface area contributed by atoms with Crippen molar-refractivity contribution in [2.24, 2.45) is 5.92 Å². The number of aromatic nitrogens is 3. The summed E-state index contributed by atoms with van der Waals surface area (Å²) in [7, 11) is 2.15. The minimum Gasteiger partial charge on any atom is -0.490 e. The van der Waals surface area contributed by atoms with Crippen LogP contribution in [0.4, 0.5) is 0 Å². The number of ether oxygens (including phenoxy) is 1. The molecule has 7 heteroatoms. The lowest BCUT2D eigenvalue weighted by atomic mass is 9.78. The summed E-state index contributed by atoms with van der Waals surface area (Å²) in [5.74, 6) is 1.23. The molecule has 0 radical (unpaired) electrons. The average Bonchev–Trinajstić information content (AvgIpc) is 3.33. The molecule has 1 saturated carbocycles. The monoisotopic (exact) mass is 495 g/mol. The van der Waals surface area contributed by atoms with Gasteiger partial charge < -0.3 is 15.0 Å². The van der Waals surface area contributed by atoms with Crippen LogP contribution in [0.2, 0.25) is 0 Å². The van der Waals surface area contributed by atoms with Crippen LogP contribution < -0.4 is 10.1 Å². The Morgan fingerprint density at radius 3 is 2.57 bits per heavy atom. The minimum atomic E-state index is -0.0847. The van der Waals surface area contributed by atoms with Crippen molar-refractivity contribution in [2.75, 3.05) is 20.1 Å². The summed E-state index contributed by atoms with van der Waals surface area (Å²) in [5.41, 5.74) is 4.26. The van der Waals surface area contributed by atoms with Gasteiger partial charge in [-0.15, -0.1) is 0 Å². The van der Waals surface area contributed by atoms with Crippen molar-refractivity contribution in [1.29, 1.82) is 0 Å². The van der Waals surface area contributed by atoms with Gasteiger partial charge in [0.05, 0.1) is 22.9 Å². The van der Waals surface area contributed by atoms with E-state index < -0.39 is 0 Å². The molecule has 1 amide bonds. The number of hydrogen-bond acceptors (Lipinski definition) is 5. The number of H-pyrrole nitrogens is 1. The van der Waals surface area contributed by atoms with Gasteiger partial charge in [-0.2, -0.15) is 5.10 Å². The van der Waals surface area contributed by atoms with Crippen LogP contribution in [0.3, 0.4) is 0 Å². The zero-order valence-corrected chi connectivity index (χ0v) is 21.2. The number of piperidine rings is 1. The largest absolute Gasteiger partial charge is 0.490 e. The highest BCUT2D eigenvalue weighted by Gasteiger charge is 2.31. The topological polar surface area (TPSA) is 83.1 Å². The maximum Gasteiger partial charge on any atom is 0.251 e. The third-order valence-corrected chi connectivity index (χ3v) is 7.84. The van der Waals surface area contributed by atoms with E-state index in [9.17, 15) is 4.79 Å². The zero-order chi connectivity index (χ0) is 25.2. The van der Waals surface area contributed by atoms with Gasteiger partial charge in [0.1, 0.15) is 11.9 Å². The van der Waals surface area contributed by atoms with Gasteiger partial charge in [0, 0.05) is 35.8 Å². The standard InChI is InChI=1S/C30H33N5O2/c1-35-17-14-24(15-18-35)37-23-11-8-21(9-12-23)28-25-19-22(10-13-26(25)33-34-28)30(36)32-29(20-5-4-6-20)27-7-2-3-16-31-27/h2-3,7-13,16,19-20,24,29H,4-6,14-15,17-18H2,1H3,(H,32,36)(H,33,34). The zero-order valence-electron chi connectivity index (χ0n) is 21.2. The Morgan fingerprint density at radius 1 is 1.05 bits per heavy atom. The van der Waals surface area contributed by atoms with Crippen molar-refractivity contribution >= 4 is 16.8 Å². The van der Waals surface area contributed by atoms with E-state index in [0.717, 1.165) is 72.4 Å². The number of rotatable bonds is 7. The van der Waals surface area contributed by atoms with Gasteiger partial charge in [0.25, 0.3) is 5.91 Å². The number of nitrogens with one attached hydrogen (secondary N) is 2. The molecule has 2 N–H and O–H groups in total. The van der Waals surface area contributed by atoms with Crippen LogP contribution in [-0.4, -0.2) is 52.2 Å². The lowest BCUT2D eigenvalue weighted by Gasteiger charge is -2.34. The molecule has 1 atom stereocenters. The fraction of sp³-hybridized carbons (Fsp3) is 0.367. The highest BCUT2D eigenvalue weighted by atomic mass is 16.5. The molecule has 1 aliphatic carbocycles. The molecule has 7 nitrogen and oxygen atoms in total. The number of nitrogens with zero attached hydrogens (tertiary/aromatic N) is 3.